The molecule has 4 rings (SSSR count). The van der Waals surface area contributed by atoms with Gasteiger partial charge in [0, 0.05) is 32.4 Å². The zero-order chi connectivity index (χ0) is 20.4. The average molecular weight is 496 g/mol. The van der Waals surface area contributed by atoms with Gasteiger partial charge in [0.2, 0.25) is 0 Å². The van der Waals surface area contributed by atoms with E-state index in [0.717, 1.165) is 11.6 Å². The van der Waals surface area contributed by atoms with E-state index in [1.807, 2.05) is 6.21 Å². The van der Waals surface area contributed by atoms with Crippen molar-refractivity contribution in [1.29, 1.82) is 0 Å². The fourth-order valence-electron chi connectivity index (χ4n) is 4.50. The van der Waals surface area contributed by atoms with E-state index in [1.165, 1.54) is 69.4 Å². The molecule has 29 heavy (non-hydrogen) atoms. The number of rotatable bonds is 4. The van der Waals surface area contributed by atoms with Crippen LogP contribution < -0.4 is 0 Å². The number of benzene rings is 2. The molecule has 1 aliphatic carbocycles. The van der Waals surface area contributed by atoms with Gasteiger partial charge in [0.15, 0.2) is 0 Å². The Hall–Kier alpha value is -1.88. The Morgan fingerprint density at radius 3 is 2.34 bits per heavy atom. The summed E-state index contributed by atoms with van der Waals surface area (Å²) in [4.78, 5) is 4.76. The standard InChI is InChI=1S/C26H29IN2/c1-18-15-25(13-14-26(18)27)29-19(2)16-23(20(29)3)17-28-24-11-9-22(10-12-24)21-7-5-4-6-8-21/h9-17,21H,4-8H2,1-3H3. The number of hydrogen-bond acceptors (Lipinski definition) is 1. The number of halogens is 1. The minimum Gasteiger partial charge on any atom is -0.318 e. The SMILES string of the molecule is Cc1cc(-n2c(C)cc(C=Nc3ccc(C4CCCCC4)cc3)c2C)ccc1I. The van der Waals surface area contributed by atoms with Crippen molar-refractivity contribution in [1.82, 2.24) is 4.57 Å². The molecular formula is C26H29IN2. The van der Waals surface area contributed by atoms with Crippen molar-refractivity contribution in [3.05, 3.63) is 80.2 Å². The van der Waals surface area contributed by atoms with Gasteiger partial charge < -0.3 is 4.57 Å². The maximum Gasteiger partial charge on any atom is 0.0630 e. The van der Waals surface area contributed by atoms with Crippen LogP contribution >= 0.6 is 22.6 Å². The second kappa shape index (κ2) is 8.86. The normalized spacial score (nSPS) is 15.3. The van der Waals surface area contributed by atoms with Crippen LogP contribution in [-0.4, -0.2) is 10.8 Å². The Kier molecular flexibility index (Phi) is 6.23. The Bertz CT molecular complexity index is 1020. The van der Waals surface area contributed by atoms with Crippen molar-refractivity contribution >= 4 is 34.5 Å². The maximum absolute atomic E-state index is 4.76. The molecular weight excluding hydrogens is 467 g/mol. The van der Waals surface area contributed by atoms with Gasteiger partial charge in [-0.3, -0.25) is 4.99 Å². The fourth-order valence-corrected chi connectivity index (χ4v) is 4.83. The highest BCUT2D eigenvalue weighted by Crippen LogP contribution is 2.33. The van der Waals surface area contributed by atoms with Gasteiger partial charge in [0.25, 0.3) is 0 Å². The van der Waals surface area contributed by atoms with E-state index in [9.17, 15) is 0 Å². The summed E-state index contributed by atoms with van der Waals surface area (Å²) in [6.45, 7) is 6.50. The van der Waals surface area contributed by atoms with Crippen molar-refractivity contribution in [2.45, 2.75) is 58.8 Å². The molecule has 0 radical (unpaired) electrons. The van der Waals surface area contributed by atoms with Gasteiger partial charge in [0.05, 0.1) is 5.69 Å². The second-order valence-corrected chi connectivity index (χ2v) is 9.44. The number of hydrogen-bond donors (Lipinski definition) is 0. The molecule has 2 aromatic carbocycles. The fraction of sp³-hybridized carbons (Fsp3) is 0.346. The molecule has 0 amide bonds. The quantitative estimate of drug-likeness (QED) is 0.259. The van der Waals surface area contributed by atoms with Gasteiger partial charge in [-0.1, -0.05) is 31.4 Å². The molecule has 0 unspecified atom stereocenters. The maximum atomic E-state index is 4.76. The first kappa shape index (κ1) is 20.4. The van der Waals surface area contributed by atoms with E-state index in [0.29, 0.717) is 0 Å². The van der Waals surface area contributed by atoms with Crippen LogP contribution in [0.5, 0.6) is 0 Å². The minimum absolute atomic E-state index is 0.748. The van der Waals surface area contributed by atoms with Crippen LogP contribution in [0.15, 0.2) is 53.5 Å². The molecule has 150 valence electrons. The summed E-state index contributed by atoms with van der Waals surface area (Å²) in [5.74, 6) is 0.748. The summed E-state index contributed by atoms with van der Waals surface area (Å²) in [7, 11) is 0. The number of nitrogens with zero attached hydrogens (tertiary/aromatic N) is 2. The van der Waals surface area contributed by atoms with Gasteiger partial charge >= 0.3 is 0 Å². The Labute approximate surface area is 188 Å². The van der Waals surface area contributed by atoms with E-state index in [4.69, 9.17) is 4.99 Å². The predicted molar refractivity (Wildman–Crippen MR) is 132 cm³/mol. The Morgan fingerprint density at radius 2 is 1.66 bits per heavy atom. The highest BCUT2D eigenvalue weighted by molar-refractivity contribution is 14.1. The van der Waals surface area contributed by atoms with Crippen LogP contribution in [0.25, 0.3) is 5.69 Å². The zero-order valence-corrected chi connectivity index (χ0v) is 19.7. The molecule has 3 heteroatoms. The van der Waals surface area contributed by atoms with Gasteiger partial charge in [-0.05, 0) is 110 Å². The van der Waals surface area contributed by atoms with Gasteiger partial charge in [0.1, 0.15) is 0 Å². The highest BCUT2D eigenvalue weighted by atomic mass is 127. The molecule has 1 saturated carbocycles. The van der Waals surface area contributed by atoms with Crippen molar-refractivity contribution < 1.29 is 0 Å². The molecule has 0 spiro atoms. The summed E-state index contributed by atoms with van der Waals surface area (Å²) < 4.78 is 3.61. The Morgan fingerprint density at radius 1 is 0.931 bits per heavy atom. The summed E-state index contributed by atoms with van der Waals surface area (Å²) in [6, 6.07) is 17.8. The van der Waals surface area contributed by atoms with Crippen LogP contribution in [0.3, 0.4) is 0 Å². The Balaban J connectivity index is 1.55. The molecule has 0 bridgehead atoms. The molecule has 1 heterocycles. The number of aryl methyl sites for hydroxylation is 2. The molecule has 1 fully saturated rings. The monoisotopic (exact) mass is 496 g/mol. The summed E-state index contributed by atoms with van der Waals surface area (Å²) in [6.07, 6.45) is 8.84. The molecule has 0 aliphatic heterocycles. The van der Waals surface area contributed by atoms with Crippen LogP contribution in [0.2, 0.25) is 0 Å². The first-order valence-corrected chi connectivity index (χ1v) is 11.7. The summed E-state index contributed by atoms with van der Waals surface area (Å²) in [5, 5.41) is 0. The van der Waals surface area contributed by atoms with Crippen molar-refractivity contribution in [2.75, 3.05) is 0 Å². The molecule has 0 atom stereocenters. The highest BCUT2D eigenvalue weighted by Gasteiger charge is 2.15. The topological polar surface area (TPSA) is 17.3 Å². The van der Waals surface area contributed by atoms with Crippen molar-refractivity contribution in [3.63, 3.8) is 0 Å². The lowest BCUT2D eigenvalue weighted by Gasteiger charge is -2.21. The van der Waals surface area contributed by atoms with E-state index in [2.05, 4.69) is 96.5 Å². The van der Waals surface area contributed by atoms with E-state index in [-0.39, 0.29) is 0 Å². The van der Waals surface area contributed by atoms with Crippen molar-refractivity contribution in [2.24, 2.45) is 4.99 Å². The van der Waals surface area contributed by atoms with Crippen molar-refractivity contribution in [3.8, 4) is 5.69 Å². The molecule has 0 saturated heterocycles. The third kappa shape index (κ3) is 4.50. The van der Waals surface area contributed by atoms with Gasteiger partial charge in [-0.15, -0.1) is 0 Å². The van der Waals surface area contributed by atoms with E-state index in [1.54, 1.807) is 0 Å². The number of aliphatic imine (C=N–C) groups is 1. The largest absolute Gasteiger partial charge is 0.318 e. The molecule has 1 aromatic heterocycles. The first-order valence-electron chi connectivity index (χ1n) is 10.6. The van der Waals surface area contributed by atoms with Crippen LogP contribution in [-0.2, 0) is 0 Å². The van der Waals surface area contributed by atoms with Crippen LogP contribution in [0, 0.1) is 24.3 Å². The predicted octanol–water partition coefficient (Wildman–Crippen LogP) is 7.81. The molecule has 3 aromatic rings. The smallest absolute Gasteiger partial charge is 0.0630 e. The van der Waals surface area contributed by atoms with Crippen LogP contribution in [0.1, 0.15) is 66.1 Å². The summed E-state index contributed by atoms with van der Waals surface area (Å²) >= 11 is 2.39. The second-order valence-electron chi connectivity index (χ2n) is 8.28. The number of aromatic nitrogens is 1. The summed E-state index contributed by atoms with van der Waals surface area (Å²) in [5.41, 5.74) is 8.67. The first-order chi connectivity index (χ1) is 14.0. The third-order valence-electron chi connectivity index (χ3n) is 6.19. The van der Waals surface area contributed by atoms with Gasteiger partial charge in [-0.25, -0.2) is 0 Å². The van der Waals surface area contributed by atoms with E-state index >= 15 is 0 Å². The van der Waals surface area contributed by atoms with Crippen LogP contribution in [0.4, 0.5) is 5.69 Å². The third-order valence-corrected chi connectivity index (χ3v) is 7.40. The molecule has 0 N–H and O–H groups in total. The lowest BCUT2D eigenvalue weighted by molar-refractivity contribution is 0.443. The minimum atomic E-state index is 0.748. The molecule has 2 nitrogen and oxygen atoms in total. The average Bonchev–Trinajstić information content (AvgIpc) is 3.03. The van der Waals surface area contributed by atoms with Gasteiger partial charge in [-0.2, -0.15) is 0 Å². The zero-order valence-electron chi connectivity index (χ0n) is 17.6. The van der Waals surface area contributed by atoms with E-state index < -0.39 is 0 Å². The molecule has 1 aliphatic rings. The lowest BCUT2D eigenvalue weighted by atomic mass is 9.84. The lowest BCUT2D eigenvalue weighted by Crippen LogP contribution is -2.03.